The van der Waals surface area contributed by atoms with Crippen molar-refractivity contribution in [2.45, 2.75) is 56.5 Å². The van der Waals surface area contributed by atoms with Gasteiger partial charge in [-0.15, -0.1) is 0 Å². The van der Waals surface area contributed by atoms with Crippen LogP contribution >= 0.6 is 18.2 Å². The Morgan fingerprint density at radius 3 is 2.61 bits per heavy atom. The van der Waals surface area contributed by atoms with Crippen LogP contribution in [-0.2, 0) is 30.6 Å². The molecular weight excluding hydrogens is 540 g/mol. The van der Waals surface area contributed by atoms with Crippen molar-refractivity contribution < 1.29 is 32.8 Å². The highest BCUT2D eigenvalue weighted by molar-refractivity contribution is 8.09. The van der Waals surface area contributed by atoms with Crippen LogP contribution in [0.3, 0.4) is 0 Å². The van der Waals surface area contributed by atoms with Crippen molar-refractivity contribution in [1.29, 1.82) is 0 Å². The number of aromatic amines is 1. The Morgan fingerprint density at radius 2 is 2.00 bits per heavy atom. The molecule has 36 heavy (non-hydrogen) atoms. The standard InChI is InChI=1S/C21H26ClFN3O8PS/c1-12(2)32-18(29)13(3)25-35(36,34-14-7-5-4-6-8-14)31-11-15-17(28)21(22,23)19(33-15)26-10-9-16(27)24-20(26)30/h4-10,12-13,15,17,19,28H,11H2,1-3H3,(H,25,36)(H,24,27,30). The molecule has 198 valence electrons. The molecule has 2 heterocycles. The van der Waals surface area contributed by atoms with Gasteiger partial charge in [-0.1, -0.05) is 29.8 Å². The molecule has 3 N–H and O–H groups in total. The van der Waals surface area contributed by atoms with Gasteiger partial charge in [0, 0.05) is 12.3 Å². The average Bonchev–Trinajstić information content (AvgIpc) is 3.01. The molecule has 0 saturated carbocycles. The van der Waals surface area contributed by atoms with Gasteiger partial charge in [0.2, 0.25) is 0 Å². The number of hydrogen-bond donors (Lipinski definition) is 3. The van der Waals surface area contributed by atoms with E-state index in [-0.39, 0.29) is 6.10 Å². The minimum atomic E-state index is -3.51. The Bertz CT molecular complexity index is 1230. The molecule has 6 unspecified atom stereocenters. The largest absolute Gasteiger partial charge is 0.462 e. The van der Waals surface area contributed by atoms with Gasteiger partial charge in [-0.25, -0.2) is 14.3 Å². The van der Waals surface area contributed by atoms with Gasteiger partial charge >= 0.3 is 18.3 Å². The molecule has 1 aliphatic rings. The topological polar surface area (TPSA) is 141 Å². The molecule has 0 radical (unpaired) electrons. The van der Waals surface area contributed by atoms with Crippen LogP contribution in [0.2, 0.25) is 0 Å². The second-order valence-electron chi connectivity index (χ2n) is 8.20. The fourth-order valence-electron chi connectivity index (χ4n) is 3.22. The number of carbonyl (C=O) groups excluding carboxylic acids is 1. The fourth-order valence-corrected chi connectivity index (χ4v) is 5.94. The molecule has 2 aromatic rings. The molecule has 0 spiro atoms. The number of hydrogen-bond acceptors (Lipinski definition) is 9. The number of nitrogens with one attached hydrogen (secondary N) is 2. The second kappa shape index (κ2) is 11.5. The summed E-state index contributed by atoms with van der Waals surface area (Å²) in [7, 11) is 0. The van der Waals surface area contributed by atoms with E-state index in [2.05, 4.69) is 5.09 Å². The number of benzene rings is 1. The Hall–Kier alpha value is -2.12. The number of H-pyrrole nitrogens is 1. The third kappa shape index (κ3) is 6.80. The first-order valence-electron chi connectivity index (χ1n) is 10.8. The molecule has 0 bridgehead atoms. The molecule has 1 fully saturated rings. The average molecular weight is 566 g/mol. The van der Waals surface area contributed by atoms with E-state index in [4.69, 9.17) is 41.9 Å². The van der Waals surface area contributed by atoms with Crippen LogP contribution in [0.5, 0.6) is 5.75 Å². The number of para-hydroxylation sites is 1. The van der Waals surface area contributed by atoms with Crippen molar-refractivity contribution in [3.8, 4) is 5.75 Å². The Morgan fingerprint density at radius 1 is 1.33 bits per heavy atom. The first-order valence-corrected chi connectivity index (χ1v) is 13.8. The number of nitrogens with zero attached hydrogens (tertiary/aromatic N) is 1. The molecule has 1 aromatic carbocycles. The second-order valence-corrected chi connectivity index (χ2v) is 11.9. The molecule has 11 nitrogen and oxygen atoms in total. The number of alkyl halides is 2. The number of esters is 1. The van der Waals surface area contributed by atoms with Gasteiger partial charge in [0.05, 0.1) is 12.7 Å². The molecule has 0 aliphatic carbocycles. The van der Waals surface area contributed by atoms with E-state index in [1.165, 1.54) is 6.92 Å². The predicted molar refractivity (Wildman–Crippen MR) is 132 cm³/mol. The maximum absolute atomic E-state index is 15.2. The monoisotopic (exact) mass is 565 g/mol. The Balaban J connectivity index is 1.80. The third-order valence-electron chi connectivity index (χ3n) is 4.92. The lowest BCUT2D eigenvalue weighted by molar-refractivity contribution is -0.149. The van der Waals surface area contributed by atoms with E-state index in [9.17, 15) is 19.5 Å². The van der Waals surface area contributed by atoms with Crippen LogP contribution in [0.25, 0.3) is 0 Å². The van der Waals surface area contributed by atoms with Gasteiger partial charge in [-0.3, -0.25) is 19.1 Å². The first-order chi connectivity index (χ1) is 16.8. The van der Waals surface area contributed by atoms with Crippen molar-refractivity contribution in [2.75, 3.05) is 6.61 Å². The quantitative estimate of drug-likeness (QED) is 0.222. The summed E-state index contributed by atoms with van der Waals surface area (Å²) in [5.74, 6) is -0.266. The summed E-state index contributed by atoms with van der Waals surface area (Å²) >= 11 is 11.5. The van der Waals surface area contributed by atoms with E-state index in [1.807, 2.05) is 4.98 Å². The first kappa shape index (κ1) is 28.5. The third-order valence-corrected chi connectivity index (χ3v) is 7.83. The van der Waals surface area contributed by atoms with Gasteiger partial charge in [0.1, 0.15) is 24.0 Å². The summed E-state index contributed by atoms with van der Waals surface area (Å²) in [4.78, 5) is 37.7. The summed E-state index contributed by atoms with van der Waals surface area (Å²) in [6.07, 6.45) is -4.50. The van der Waals surface area contributed by atoms with Crippen molar-refractivity contribution in [2.24, 2.45) is 0 Å². The summed E-state index contributed by atoms with van der Waals surface area (Å²) in [6, 6.07) is 8.44. The minimum Gasteiger partial charge on any atom is -0.462 e. The molecule has 1 saturated heterocycles. The van der Waals surface area contributed by atoms with Crippen LogP contribution in [0.15, 0.2) is 52.2 Å². The summed E-state index contributed by atoms with van der Waals surface area (Å²) in [6.45, 7) is 0.859. The maximum atomic E-state index is 15.2. The number of aliphatic hydroxyl groups is 1. The zero-order valence-electron chi connectivity index (χ0n) is 19.5. The molecule has 3 rings (SSSR count). The van der Waals surface area contributed by atoms with Gasteiger partial charge in [-0.05, 0) is 44.7 Å². The highest BCUT2D eigenvalue weighted by atomic mass is 35.5. The van der Waals surface area contributed by atoms with E-state index < -0.39 is 60.1 Å². The smallest absolute Gasteiger partial charge is 0.330 e. The van der Waals surface area contributed by atoms with Crippen LogP contribution < -0.4 is 20.9 Å². The summed E-state index contributed by atoms with van der Waals surface area (Å²) in [5.41, 5.74) is -1.69. The van der Waals surface area contributed by atoms with E-state index in [0.717, 1.165) is 12.3 Å². The minimum absolute atomic E-state index is 0.334. The highest BCUT2D eigenvalue weighted by Crippen LogP contribution is 2.48. The zero-order valence-corrected chi connectivity index (χ0v) is 22.0. The summed E-state index contributed by atoms with van der Waals surface area (Å²) in [5, 5.41) is 10.4. The van der Waals surface area contributed by atoms with Gasteiger partial charge in [0.25, 0.3) is 10.7 Å². The maximum Gasteiger partial charge on any atom is 0.330 e. The molecule has 15 heteroatoms. The van der Waals surface area contributed by atoms with Gasteiger partial charge < -0.3 is 23.6 Å². The number of carbonyl (C=O) groups is 1. The van der Waals surface area contributed by atoms with E-state index >= 15 is 4.39 Å². The lowest BCUT2D eigenvalue weighted by Gasteiger charge is -2.28. The molecule has 6 atom stereocenters. The Kier molecular flexibility index (Phi) is 9.10. The normalized spacial score (nSPS) is 26.4. The van der Waals surface area contributed by atoms with Crippen LogP contribution in [0.1, 0.15) is 27.0 Å². The van der Waals surface area contributed by atoms with Crippen LogP contribution in [0.4, 0.5) is 4.39 Å². The van der Waals surface area contributed by atoms with Crippen molar-refractivity contribution >= 4 is 36.0 Å². The molecule has 0 amide bonds. The van der Waals surface area contributed by atoms with Crippen molar-refractivity contribution in [3.05, 3.63) is 63.4 Å². The number of aliphatic hydroxyl groups excluding tert-OH is 1. The van der Waals surface area contributed by atoms with Gasteiger partial charge in [-0.2, -0.15) is 0 Å². The zero-order chi connectivity index (χ0) is 26.7. The lowest BCUT2D eigenvalue weighted by atomic mass is 10.1. The molecule has 1 aromatic heterocycles. The van der Waals surface area contributed by atoms with Crippen molar-refractivity contribution in [1.82, 2.24) is 14.6 Å². The number of ether oxygens (including phenoxy) is 2. The number of rotatable bonds is 10. The lowest BCUT2D eigenvalue weighted by Crippen LogP contribution is -2.42. The van der Waals surface area contributed by atoms with Crippen molar-refractivity contribution in [3.63, 3.8) is 0 Å². The van der Waals surface area contributed by atoms with Crippen LogP contribution in [0, 0.1) is 0 Å². The Labute approximate surface area is 215 Å². The predicted octanol–water partition coefficient (Wildman–Crippen LogP) is 1.95. The molecular formula is C21H26ClFN3O8PS. The van der Waals surface area contributed by atoms with E-state index in [0.29, 0.717) is 10.3 Å². The number of halogens is 2. The van der Waals surface area contributed by atoms with Crippen LogP contribution in [-0.4, -0.2) is 56.7 Å². The van der Waals surface area contributed by atoms with E-state index in [1.54, 1.807) is 44.2 Å². The summed E-state index contributed by atoms with van der Waals surface area (Å²) < 4.78 is 38.3. The van der Waals surface area contributed by atoms with Gasteiger partial charge in [0.15, 0.2) is 6.23 Å². The fraction of sp³-hybridized carbons (Fsp3) is 0.476. The molecule has 1 aliphatic heterocycles. The SMILES string of the molecule is CC(C)OC(=O)C(C)NP(=S)(OCC1OC(n2ccc(=O)[nH]c2=O)C(F)(Cl)C1O)Oc1ccccc1. The highest BCUT2D eigenvalue weighted by Gasteiger charge is 2.58. The number of aromatic nitrogens is 2.